The monoisotopic (exact) mass is 225 g/mol. The smallest absolute Gasteiger partial charge is 0.304 e. The summed E-state index contributed by atoms with van der Waals surface area (Å²) in [6, 6.07) is 9.69. The van der Waals surface area contributed by atoms with E-state index in [1.807, 2.05) is 34.9 Å². The van der Waals surface area contributed by atoms with Crippen molar-refractivity contribution in [3.05, 3.63) is 35.9 Å². The molecular weight excluding hydrogens is 210 g/mol. The van der Waals surface area contributed by atoms with E-state index in [0.717, 1.165) is 23.0 Å². The molecule has 1 aliphatic heterocycles. The van der Waals surface area contributed by atoms with Gasteiger partial charge < -0.3 is 5.11 Å². The Hall–Kier alpha value is -1.00. The van der Waals surface area contributed by atoms with Gasteiger partial charge in [-0.15, -0.1) is 0 Å². The standard InChI is InChI=1S/C11H14N2OS/c12-11-13(6-7-15-11)8-10(14)9-4-2-1-3-5-9/h1-5,10,12,14H,6-8H2/p+1/i11+2. The van der Waals surface area contributed by atoms with E-state index in [2.05, 4.69) is 0 Å². The van der Waals surface area contributed by atoms with Crippen LogP contribution in [0.5, 0.6) is 0 Å². The van der Waals surface area contributed by atoms with Crippen molar-refractivity contribution in [3.63, 3.8) is 0 Å². The van der Waals surface area contributed by atoms with Gasteiger partial charge in [0.15, 0.2) is 0 Å². The van der Waals surface area contributed by atoms with Crippen molar-refractivity contribution >= 4 is 16.9 Å². The van der Waals surface area contributed by atoms with Crippen LogP contribution in [0.4, 0.5) is 0 Å². The van der Waals surface area contributed by atoms with Gasteiger partial charge in [-0.25, -0.2) is 0 Å². The van der Waals surface area contributed by atoms with Crippen LogP contribution < -0.4 is 5.73 Å². The van der Waals surface area contributed by atoms with Crippen molar-refractivity contribution in [2.75, 3.05) is 18.8 Å². The van der Waals surface area contributed by atoms with Gasteiger partial charge in [0, 0.05) is 5.75 Å². The molecule has 1 heterocycles. The van der Waals surface area contributed by atoms with Crippen molar-refractivity contribution in [3.8, 4) is 0 Å². The number of aliphatic hydroxyl groups is 1. The zero-order valence-corrected chi connectivity index (χ0v) is 9.28. The predicted octanol–water partition coefficient (Wildman–Crippen LogP) is 0.794. The first-order valence-electron chi connectivity index (χ1n) is 5.00. The lowest BCUT2D eigenvalue weighted by Gasteiger charge is -2.10. The molecular formula is C11H15N2OS+. The van der Waals surface area contributed by atoms with Gasteiger partial charge in [-0.3, -0.25) is 10.3 Å². The summed E-state index contributed by atoms with van der Waals surface area (Å²) in [5.41, 5.74) is 6.75. The molecule has 1 unspecified atom stereocenters. The van der Waals surface area contributed by atoms with Crippen LogP contribution in [-0.2, 0) is 0 Å². The fourth-order valence-electron chi connectivity index (χ4n) is 1.63. The molecule has 0 fully saturated rings. The van der Waals surface area contributed by atoms with Crippen LogP contribution in [0, 0.1) is 0 Å². The van der Waals surface area contributed by atoms with E-state index < -0.39 is 6.10 Å². The molecule has 0 spiro atoms. The number of benzene rings is 1. The largest absolute Gasteiger partial charge is 0.384 e. The minimum atomic E-state index is -0.455. The molecule has 80 valence electrons. The highest BCUT2D eigenvalue weighted by Gasteiger charge is 2.20. The Balaban J connectivity index is 2.04. The third-order valence-electron chi connectivity index (χ3n) is 2.50. The minimum absolute atomic E-state index is 0.455. The van der Waals surface area contributed by atoms with Crippen LogP contribution in [0.2, 0.25) is 0 Å². The number of rotatable bonds is 3. The average molecular weight is 225 g/mol. The molecule has 0 saturated carbocycles. The van der Waals surface area contributed by atoms with E-state index in [1.54, 1.807) is 11.8 Å². The summed E-state index contributed by atoms with van der Waals surface area (Å²) in [6.45, 7) is 1.52. The van der Waals surface area contributed by atoms with Gasteiger partial charge in [-0.05, 0) is 17.3 Å². The molecule has 3 N–H and O–H groups in total. The molecule has 0 aliphatic carbocycles. The predicted molar refractivity (Wildman–Crippen MR) is 63.0 cm³/mol. The first-order chi connectivity index (χ1) is 7.27. The SMILES string of the molecule is N[14C]1=[N+](CC(O)c2ccccc2)CCS1. The highest BCUT2D eigenvalue weighted by Crippen LogP contribution is 2.15. The van der Waals surface area contributed by atoms with Gasteiger partial charge in [-0.2, -0.15) is 0 Å². The lowest BCUT2D eigenvalue weighted by molar-refractivity contribution is -0.528. The third kappa shape index (κ3) is 2.52. The van der Waals surface area contributed by atoms with Crippen LogP contribution in [0.1, 0.15) is 11.7 Å². The maximum Gasteiger partial charge on any atom is 0.304 e. The molecule has 2 rings (SSSR count). The highest BCUT2D eigenvalue weighted by atomic mass is 32.2. The van der Waals surface area contributed by atoms with Gasteiger partial charge >= 0.3 is 5.17 Å². The second kappa shape index (κ2) is 4.68. The number of β-amino-alcohol motifs (C(OH)–C–C–N with tert-alkyl or cyclic N) is 1. The molecule has 1 aromatic carbocycles. The summed E-state index contributed by atoms with van der Waals surface area (Å²) in [6.07, 6.45) is -0.455. The molecule has 0 saturated heterocycles. The molecule has 1 aromatic rings. The fraction of sp³-hybridized carbons (Fsp3) is 0.364. The van der Waals surface area contributed by atoms with E-state index in [0.29, 0.717) is 6.54 Å². The van der Waals surface area contributed by atoms with Crippen molar-refractivity contribution in [2.24, 2.45) is 5.73 Å². The molecule has 4 heteroatoms. The van der Waals surface area contributed by atoms with Gasteiger partial charge in [0.2, 0.25) is 0 Å². The quantitative estimate of drug-likeness (QED) is 0.748. The number of amidine groups is 1. The second-order valence-electron chi connectivity index (χ2n) is 3.56. The summed E-state index contributed by atoms with van der Waals surface area (Å²) >= 11 is 1.65. The Bertz CT molecular complexity index is 364. The zero-order valence-electron chi connectivity index (χ0n) is 8.47. The lowest BCUT2D eigenvalue weighted by atomic mass is 10.1. The van der Waals surface area contributed by atoms with E-state index >= 15 is 0 Å². The highest BCUT2D eigenvalue weighted by molar-refractivity contribution is 8.13. The second-order valence-corrected chi connectivity index (χ2v) is 4.67. The lowest BCUT2D eigenvalue weighted by Crippen LogP contribution is -2.25. The summed E-state index contributed by atoms with van der Waals surface area (Å²) < 4.78 is 2.03. The number of aliphatic hydroxyl groups excluding tert-OH is 1. The first kappa shape index (κ1) is 10.5. The van der Waals surface area contributed by atoms with Crippen LogP contribution in [-0.4, -0.2) is 33.7 Å². The van der Waals surface area contributed by atoms with E-state index in [9.17, 15) is 5.11 Å². The number of hydrogen-bond donors (Lipinski definition) is 2. The topological polar surface area (TPSA) is 49.3 Å². The Labute approximate surface area is 93.6 Å². The molecule has 1 atom stereocenters. The number of hydrogen-bond acceptors (Lipinski definition) is 3. The molecule has 15 heavy (non-hydrogen) atoms. The molecule has 3 nitrogen and oxygen atoms in total. The first-order valence-corrected chi connectivity index (χ1v) is 5.99. The number of nitrogens with zero attached hydrogens (tertiary/aromatic N) is 1. The Kier molecular flexibility index (Phi) is 3.28. The van der Waals surface area contributed by atoms with Crippen LogP contribution in [0.15, 0.2) is 30.3 Å². The van der Waals surface area contributed by atoms with Gasteiger partial charge in [-0.1, -0.05) is 30.3 Å². The van der Waals surface area contributed by atoms with Crippen molar-refractivity contribution in [2.45, 2.75) is 6.10 Å². The average Bonchev–Trinajstić information content (AvgIpc) is 2.66. The molecule has 0 aromatic heterocycles. The summed E-state index contributed by atoms with van der Waals surface area (Å²) in [5.74, 6) is 1.02. The Morgan fingerprint density at radius 3 is 2.80 bits per heavy atom. The summed E-state index contributed by atoms with van der Waals surface area (Å²) in [5, 5.41) is 10.8. The summed E-state index contributed by atoms with van der Waals surface area (Å²) in [7, 11) is 0. The van der Waals surface area contributed by atoms with Crippen molar-refractivity contribution in [1.82, 2.24) is 0 Å². The van der Waals surface area contributed by atoms with Crippen LogP contribution in [0.25, 0.3) is 0 Å². The zero-order chi connectivity index (χ0) is 10.7. The van der Waals surface area contributed by atoms with Crippen molar-refractivity contribution in [1.29, 1.82) is 0 Å². The number of nitrogens with two attached hydrogens (primary N) is 1. The summed E-state index contributed by atoms with van der Waals surface area (Å²) in [4.78, 5) is 0. The maximum atomic E-state index is 9.98. The molecule has 0 amide bonds. The normalized spacial score (nSPS) is 18.2. The Morgan fingerprint density at radius 1 is 1.47 bits per heavy atom. The van der Waals surface area contributed by atoms with E-state index in [-0.39, 0.29) is 0 Å². The number of thioether (sulfide) groups is 1. The van der Waals surface area contributed by atoms with E-state index in [1.165, 1.54) is 0 Å². The van der Waals surface area contributed by atoms with E-state index in [4.69, 9.17) is 5.73 Å². The maximum absolute atomic E-state index is 9.98. The van der Waals surface area contributed by atoms with Gasteiger partial charge in [0.05, 0.1) is 6.54 Å². The Morgan fingerprint density at radius 2 is 2.20 bits per heavy atom. The van der Waals surface area contributed by atoms with Gasteiger partial charge in [0.25, 0.3) is 0 Å². The van der Waals surface area contributed by atoms with Gasteiger partial charge in [0.1, 0.15) is 12.6 Å². The van der Waals surface area contributed by atoms with Crippen LogP contribution >= 0.6 is 11.8 Å². The fourth-order valence-corrected chi connectivity index (χ4v) is 2.50. The van der Waals surface area contributed by atoms with Crippen LogP contribution in [0.3, 0.4) is 0 Å². The minimum Gasteiger partial charge on any atom is -0.384 e. The molecule has 0 radical (unpaired) electrons. The molecule has 1 aliphatic rings. The third-order valence-corrected chi connectivity index (χ3v) is 3.44. The van der Waals surface area contributed by atoms with Crippen molar-refractivity contribution < 1.29 is 9.68 Å². The molecule has 0 bridgehead atoms.